The molecule has 0 unspecified atom stereocenters. The molecule has 1 fully saturated rings. The number of rotatable bonds is 5. The molecule has 1 aromatic heterocycles. The van der Waals surface area contributed by atoms with Crippen molar-refractivity contribution < 1.29 is 18.7 Å². The van der Waals surface area contributed by atoms with Gasteiger partial charge in [0.05, 0.1) is 12.2 Å². The quantitative estimate of drug-likeness (QED) is 0.911. The van der Waals surface area contributed by atoms with Gasteiger partial charge in [-0.1, -0.05) is 0 Å². The summed E-state index contributed by atoms with van der Waals surface area (Å²) in [7, 11) is 1.64. The number of ether oxygens (including phenoxy) is 2. The number of hydrogen-bond donors (Lipinski definition) is 1. The number of nitrogens with zero attached hydrogens (tertiary/aromatic N) is 1. The third kappa shape index (κ3) is 3.94. The van der Waals surface area contributed by atoms with Gasteiger partial charge in [0, 0.05) is 31.7 Å². The van der Waals surface area contributed by atoms with Gasteiger partial charge in [0.15, 0.2) is 11.5 Å². The number of amides is 1. The maximum absolute atomic E-state index is 12.5. The van der Waals surface area contributed by atoms with Crippen LogP contribution in [0.25, 0.3) is 11.1 Å². The summed E-state index contributed by atoms with van der Waals surface area (Å²) < 4.78 is 16.4. The van der Waals surface area contributed by atoms with Gasteiger partial charge in [0.25, 0.3) is 5.91 Å². The van der Waals surface area contributed by atoms with E-state index < -0.39 is 0 Å². The Morgan fingerprint density at radius 1 is 1.46 bits per heavy atom. The molecule has 6 heteroatoms. The Bertz CT molecular complexity index is 723. The summed E-state index contributed by atoms with van der Waals surface area (Å²) in [5.41, 5.74) is 1.77. The highest BCUT2D eigenvalue weighted by atomic mass is 16.5. The van der Waals surface area contributed by atoms with Crippen molar-refractivity contribution in [2.45, 2.75) is 44.8 Å². The lowest BCUT2D eigenvalue weighted by Gasteiger charge is -2.35. The number of aromatic nitrogens is 1. The average Bonchev–Trinajstić information content (AvgIpc) is 2.93. The number of fused-ring (bicyclic) bond motifs is 1. The molecule has 1 saturated heterocycles. The van der Waals surface area contributed by atoms with E-state index in [4.69, 9.17) is 13.9 Å². The number of hydrogen-bond acceptors (Lipinski definition) is 5. The second-order valence-corrected chi connectivity index (χ2v) is 6.80. The highest BCUT2D eigenvalue weighted by molar-refractivity contribution is 5.97. The van der Waals surface area contributed by atoms with Gasteiger partial charge in [-0.3, -0.25) is 4.79 Å². The van der Waals surface area contributed by atoms with Crippen molar-refractivity contribution >= 4 is 17.0 Å². The summed E-state index contributed by atoms with van der Waals surface area (Å²) in [6.07, 6.45) is 2.26. The fourth-order valence-corrected chi connectivity index (χ4v) is 3.03. The Kier molecular flexibility index (Phi) is 4.87. The first-order valence-electron chi connectivity index (χ1n) is 8.30. The van der Waals surface area contributed by atoms with E-state index in [1.54, 1.807) is 19.2 Å². The van der Waals surface area contributed by atoms with Crippen molar-refractivity contribution in [2.75, 3.05) is 20.3 Å². The fourth-order valence-electron chi connectivity index (χ4n) is 3.03. The SMILES string of the molecule is COCCc1nc2ccc(C(=O)N[C@@H]3CCOC(C)(C)C3)cc2o1. The zero-order valence-corrected chi connectivity index (χ0v) is 14.4. The minimum atomic E-state index is -0.193. The number of methoxy groups -OCH3 is 1. The van der Waals surface area contributed by atoms with E-state index in [9.17, 15) is 4.79 Å². The molecular formula is C18H24N2O4. The first kappa shape index (κ1) is 16.9. The molecule has 130 valence electrons. The Hall–Kier alpha value is -1.92. The molecule has 0 spiro atoms. The van der Waals surface area contributed by atoms with E-state index in [0.717, 1.165) is 18.4 Å². The topological polar surface area (TPSA) is 73.6 Å². The summed E-state index contributed by atoms with van der Waals surface area (Å²) >= 11 is 0. The average molecular weight is 332 g/mol. The number of benzene rings is 1. The minimum absolute atomic E-state index is 0.0885. The molecule has 24 heavy (non-hydrogen) atoms. The Morgan fingerprint density at radius 3 is 3.04 bits per heavy atom. The van der Waals surface area contributed by atoms with E-state index in [1.807, 2.05) is 19.9 Å². The van der Waals surface area contributed by atoms with E-state index in [2.05, 4.69) is 10.3 Å². The molecule has 0 bridgehead atoms. The van der Waals surface area contributed by atoms with Gasteiger partial charge in [0.2, 0.25) is 0 Å². The first-order chi connectivity index (χ1) is 11.5. The molecule has 0 saturated carbocycles. The van der Waals surface area contributed by atoms with Gasteiger partial charge in [-0.25, -0.2) is 4.98 Å². The number of carbonyl (C=O) groups excluding carboxylic acids is 1. The van der Waals surface area contributed by atoms with E-state index in [-0.39, 0.29) is 17.6 Å². The van der Waals surface area contributed by atoms with Crippen molar-refractivity contribution in [3.8, 4) is 0 Å². The van der Waals surface area contributed by atoms with Gasteiger partial charge in [0.1, 0.15) is 5.52 Å². The van der Waals surface area contributed by atoms with Crippen LogP contribution in [-0.4, -0.2) is 42.9 Å². The molecule has 1 atom stereocenters. The van der Waals surface area contributed by atoms with Crippen LogP contribution in [0.15, 0.2) is 22.6 Å². The maximum Gasteiger partial charge on any atom is 0.251 e. The fraction of sp³-hybridized carbons (Fsp3) is 0.556. The monoisotopic (exact) mass is 332 g/mol. The standard InChI is InChI=1S/C18H24N2O4/c1-18(2)11-13(6-9-23-18)19-17(21)12-4-5-14-15(10-12)24-16(20-14)7-8-22-3/h4-5,10,13H,6-9,11H2,1-3H3,(H,19,21)/t13-/m1/s1. The van der Waals surface area contributed by atoms with Crippen LogP contribution in [0.1, 0.15) is 42.9 Å². The predicted molar refractivity (Wildman–Crippen MR) is 90.1 cm³/mol. The normalized spacial score (nSPS) is 20.2. The van der Waals surface area contributed by atoms with Crippen LogP contribution in [0.2, 0.25) is 0 Å². The van der Waals surface area contributed by atoms with Crippen LogP contribution in [0.3, 0.4) is 0 Å². The molecular weight excluding hydrogens is 308 g/mol. The maximum atomic E-state index is 12.5. The van der Waals surface area contributed by atoms with Gasteiger partial charge in [-0.05, 0) is 44.9 Å². The number of nitrogens with one attached hydrogen (secondary N) is 1. The van der Waals surface area contributed by atoms with Crippen molar-refractivity contribution in [2.24, 2.45) is 0 Å². The molecule has 2 aromatic rings. The van der Waals surface area contributed by atoms with Gasteiger partial charge >= 0.3 is 0 Å². The van der Waals surface area contributed by atoms with Crippen LogP contribution in [0.4, 0.5) is 0 Å². The highest BCUT2D eigenvalue weighted by Crippen LogP contribution is 2.24. The molecule has 0 aliphatic carbocycles. The molecule has 3 rings (SSSR count). The lowest BCUT2D eigenvalue weighted by Crippen LogP contribution is -2.45. The summed E-state index contributed by atoms with van der Waals surface area (Å²) in [4.78, 5) is 16.9. The minimum Gasteiger partial charge on any atom is -0.441 e. The molecule has 1 aromatic carbocycles. The molecule has 1 aliphatic rings. The smallest absolute Gasteiger partial charge is 0.251 e. The molecule has 0 radical (unpaired) electrons. The number of carbonyl (C=O) groups is 1. The lowest BCUT2D eigenvalue weighted by atomic mass is 9.94. The Morgan fingerprint density at radius 2 is 2.29 bits per heavy atom. The van der Waals surface area contributed by atoms with Crippen LogP contribution < -0.4 is 5.32 Å². The first-order valence-corrected chi connectivity index (χ1v) is 8.30. The van der Waals surface area contributed by atoms with E-state index in [1.165, 1.54) is 0 Å². The largest absolute Gasteiger partial charge is 0.441 e. The second-order valence-electron chi connectivity index (χ2n) is 6.80. The molecule has 1 aliphatic heterocycles. The van der Waals surface area contributed by atoms with Crippen LogP contribution in [0, 0.1) is 0 Å². The third-order valence-electron chi connectivity index (χ3n) is 4.25. The van der Waals surface area contributed by atoms with Gasteiger partial charge in [-0.2, -0.15) is 0 Å². The summed E-state index contributed by atoms with van der Waals surface area (Å²) in [5, 5.41) is 3.10. The number of oxazole rings is 1. The Balaban J connectivity index is 1.70. The molecule has 2 heterocycles. The zero-order valence-electron chi connectivity index (χ0n) is 14.4. The predicted octanol–water partition coefficient (Wildman–Crippen LogP) is 2.70. The van der Waals surface area contributed by atoms with Crippen LogP contribution in [-0.2, 0) is 15.9 Å². The van der Waals surface area contributed by atoms with E-state index >= 15 is 0 Å². The van der Waals surface area contributed by atoms with Gasteiger partial charge in [-0.15, -0.1) is 0 Å². The van der Waals surface area contributed by atoms with Crippen LogP contribution in [0.5, 0.6) is 0 Å². The Labute approximate surface area is 141 Å². The molecule has 1 amide bonds. The van der Waals surface area contributed by atoms with Crippen molar-refractivity contribution in [3.63, 3.8) is 0 Å². The third-order valence-corrected chi connectivity index (χ3v) is 4.25. The zero-order chi connectivity index (χ0) is 17.2. The van der Waals surface area contributed by atoms with Crippen molar-refractivity contribution in [1.29, 1.82) is 0 Å². The van der Waals surface area contributed by atoms with E-state index in [0.29, 0.717) is 36.7 Å². The molecule has 1 N–H and O–H groups in total. The second kappa shape index (κ2) is 6.91. The molecule has 6 nitrogen and oxygen atoms in total. The highest BCUT2D eigenvalue weighted by Gasteiger charge is 2.29. The summed E-state index contributed by atoms with van der Waals surface area (Å²) in [6.45, 7) is 5.32. The summed E-state index contributed by atoms with van der Waals surface area (Å²) in [5.74, 6) is 0.532. The van der Waals surface area contributed by atoms with Crippen molar-refractivity contribution in [3.05, 3.63) is 29.7 Å². The van der Waals surface area contributed by atoms with Gasteiger partial charge < -0.3 is 19.2 Å². The van der Waals surface area contributed by atoms with Crippen molar-refractivity contribution in [1.82, 2.24) is 10.3 Å². The lowest BCUT2D eigenvalue weighted by molar-refractivity contribution is -0.0615. The summed E-state index contributed by atoms with van der Waals surface area (Å²) in [6, 6.07) is 5.48. The van der Waals surface area contributed by atoms with Crippen LogP contribution >= 0.6 is 0 Å².